The number of rotatable bonds is 54. The molecule has 0 radical (unpaired) electrons. The predicted molar refractivity (Wildman–Crippen MR) is 344 cm³/mol. The first-order valence-corrected chi connectivity index (χ1v) is 36.9. The number of hydrogen-bond donors (Lipinski definition) is 0. The van der Waals surface area contributed by atoms with Gasteiger partial charge in [-0.2, -0.15) is 0 Å². The van der Waals surface area contributed by atoms with Crippen LogP contribution in [0.2, 0.25) is 0 Å². The van der Waals surface area contributed by atoms with Crippen molar-refractivity contribution in [2.45, 2.75) is 355 Å². The molecule has 5 heteroatoms. The normalized spacial score (nSPS) is 11.8. The molecular formula is C72H123O3PS. The summed E-state index contributed by atoms with van der Waals surface area (Å²) >= 11 is 1.43. The van der Waals surface area contributed by atoms with Crippen LogP contribution in [0.25, 0.3) is 0 Å². The van der Waals surface area contributed by atoms with E-state index < -0.39 is 6.80 Å². The highest BCUT2D eigenvalue weighted by Gasteiger charge is 2.34. The highest BCUT2D eigenvalue weighted by Crippen LogP contribution is 2.64. The fourth-order valence-electron chi connectivity index (χ4n) is 11.7. The molecule has 0 fully saturated rings. The number of benzene rings is 3. The van der Waals surface area contributed by atoms with E-state index in [1.807, 2.05) is 0 Å². The van der Waals surface area contributed by atoms with Crippen LogP contribution in [0.1, 0.15) is 345 Å². The van der Waals surface area contributed by atoms with Crippen molar-refractivity contribution < 1.29 is 13.6 Å². The lowest BCUT2D eigenvalue weighted by Crippen LogP contribution is -2.07. The van der Waals surface area contributed by atoms with Gasteiger partial charge in [0.25, 0.3) is 0 Å². The van der Waals surface area contributed by atoms with Crippen LogP contribution in [0, 0.1) is 0 Å². The Morgan fingerprint density at radius 2 is 0.519 bits per heavy atom. The first kappa shape index (κ1) is 69.1. The largest absolute Gasteiger partial charge is 0.497 e. The van der Waals surface area contributed by atoms with Crippen molar-refractivity contribution in [2.75, 3.05) is 0 Å². The summed E-state index contributed by atoms with van der Waals surface area (Å²) in [6.07, 6.45) is 60.1. The summed E-state index contributed by atoms with van der Waals surface area (Å²) in [6, 6.07) is 20.2. The Kier molecular flexibility index (Phi) is 42.6. The minimum atomic E-state index is -3.92. The smallest absolute Gasteiger partial charge is 0.408 e. The molecule has 0 aliphatic heterocycles. The molecule has 440 valence electrons. The van der Waals surface area contributed by atoms with Crippen LogP contribution in [-0.4, -0.2) is 0 Å². The lowest BCUT2D eigenvalue weighted by atomic mass is 9.95. The maximum atomic E-state index is 16.6. The van der Waals surface area contributed by atoms with Crippen molar-refractivity contribution in [1.82, 2.24) is 0 Å². The van der Waals surface area contributed by atoms with E-state index >= 15 is 4.57 Å². The quantitative estimate of drug-likeness (QED) is 0.0417. The molecule has 0 saturated heterocycles. The van der Waals surface area contributed by atoms with Gasteiger partial charge in [-0.25, -0.2) is 4.57 Å². The zero-order valence-corrected chi connectivity index (χ0v) is 53.4. The van der Waals surface area contributed by atoms with E-state index in [4.69, 9.17) is 9.05 Å². The Morgan fingerprint density at radius 1 is 0.286 bits per heavy atom. The van der Waals surface area contributed by atoms with Crippen molar-refractivity contribution in [3.05, 3.63) is 88.0 Å². The monoisotopic (exact) mass is 1100 g/mol. The molecule has 77 heavy (non-hydrogen) atoms. The Morgan fingerprint density at radius 3 is 0.818 bits per heavy atom. The average molecular weight is 1100 g/mol. The van der Waals surface area contributed by atoms with Gasteiger partial charge in [-0.3, -0.25) is 0 Å². The minimum Gasteiger partial charge on any atom is -0.408 e. The molecule has 0 aliphatic carbocycles. The van der Waals surface area contributed by atoms with Gasteiger partial charge < -0.3 is 9.05 Å². The summed E-state index contributed by atoms with van der Waals surface area (Å²) in [5, 5.41) is 0. The summed E-state index contributed by atoms with van der Waals surface area (Å²) in [7, 11) is 0. The molecule has 0 bridgehead atoms. The summed E-state index contributed by atoms with van der Waals surface area (Å²) < 4.78 is 31.2. The average Bonchev–Trinajstić information content (AvgIpc) is 3.43. The third-order valence-electron chi connectivity index (χ3n) is 16.6. The van der Waals surface area contributed by atoms with Gasteiger partial charge in [0.05, 0.1) is 0 Å². The van der Waals surface area contributed by atoms with E-state index in [1.165, 1.54) is 295 Å². The SMILES string of the molecule is CCCCCCCCCc1cccc(OP(=O)(Oc2cccc(CCCCCCCCC)c2CCCCCCCCC)Sc2cccc(CCCCCCCCC)c2CCCCCCCCC)c1CCCCCCCCC. The Labute approximate surface area is 483 Å². The van der Waals surface area contributed by atoms with E-state index in [0.29, 0.717) is 0 Å². The first-order chi connectivity index (χ1) is 37.9. The van der Waals surface area contributed by atoms with Gasteiger partial charge in [0.2, 0.25) is 0 Å². The minimum absolute atomic E-state index is 0.785. The summed E-state index contributed by atoms with van der Waals surface area (Å²) in [5.41, 5.74) is 8.12. The van der Waals surface area contributed by atoms with Gasteiger partial charge in [0.1, 0.15) is 11.5 Å². The van der Waals surface area contributed by atoms with Crippen LogP contribution in [0.3, 0.4) is 0 Å². The molecule has 3 aromatic rings. The lowest BCUT2D eigenvalue weighted by molar-refractivity contribution is 0.403. The van der Waals surface area contributed by atoms with E-state index in [0.717, 1.165) is 74.2 Å². The number of aryl methyl sites for hydroxylation is 3. The van der Waals surface area contributed by atoms with Gasteiger partial charge in [-0.05, 0) is 129 Å². The van der Waals surface area contributed by atoms with Gasteiger partial charge in [-0.15, -0.1) is 0 Å². The Balaban J connectivity index is 2.14. The van der Waals surface area contributed by atoms with Crippen LogP contribution in [0.15, 0.2) is 59.5 Å². The summed E-state index contributed by atoms with van der Waals surface area (Å²) in [6.45, 7) is 9.92. The zero-order chi connectivity index (χ0) is 55.1. The van der Waals surface area contributed by atoms with Crippen molar-refractivity contribution in [3.8, 4) is 11.5 Å². The fourth-order valence-corrected chi connectivity index (χ4v) is 15.3. The second kappa shape index (κ2) is 47.5. The fraction of sp³-hybridized carbons (Fsp3) is 0.750. The second-order valence-electron chi connectivity index (χ2n) is 23.6. The lowest BCUT2D eigenvalue weighted by Gasteiger charge is -2.25. The Bertz CT molecular complexity index is 1680. The molecule has 0 unspecified atom stereocenters. The van der Waals surface area contributed by atoms with Crippen LogP contribution < -0.4 is 9.05 Å². The summed E-state index contributed by atoms with van der Waals surface area (Å²) in [4.78, 5) is 1.10. The van der Waals surface area contributed by atoms with Gasteiger partial charge in [-0.1, -0.05) is 309 Å². The van der Waals surface area contributed by atoms with E-state index in [2.05, 4.69) is 96.1 Å². The molecular weight excluding hydrogens is 976 g/mol. The topological polar surface area (TPSA) is 35.5 Å². The zero-order valence-electron chi connectivity index (χ0n) is 51.7. The van der Waals surface area contributed by atoms with Gasteiger partial charge in [0.15, 0.2) is 0 Å². The second-order valence-corrected chi connectivity index (χ2v) is 27.4. The Hall–Kier alpha value is -2.16. The molecule has 0 aliphatic rings. The molecule has 3 rings (SSSR count). The molecule has 0 aromatic heterocycles. The standard InChI is InChI=1S/C72H123O3PS/c1-7-13-19-25-31-37-43-52-64-55-49-61-70(67(64)58-46-40-34-28-22-16-10-4)74-76(73,75-71-62-50-56-65(53-44-38-32-26-20-14-8-2)68(71)59-47-41-35-29-23-17-11-5)77-72-63-51-57-66(54-45-39-33-27-21-15-9-3)69(72)60-48-42-36-30-24-18-12-6/h49-51,55-57,61-63H,7-48,52-54,58-60H2,1-6H3. The number of hydrogen-bond acceptors (Lipinski definition) is 4. The predicted octanol–water partition coefficient (Wildman–Crippen LogP) is 25.8. The van der Waals surface area contributed by atoms with Gasteiger partial charge >= 0.3 is 6.80 Å². The van der Waals surface area contributed by atoms with Crippen LogP contribution in [-0.2, 0) is 43.1 Å². The molecule has 0 atom stereocenters. The molecule has 3 aromatic carbocycles. The third kappa shape index (κ3) is 32.2. The molecule has 0 heterocycles. The molecule has 0 spiro atoms. The maximum Gasteiger partial charge on any atom is 0.497 e. The first-order valence-electron chi connectivity index (χ1n) is 33.9. The number of unbranched alkanes of at least 4 members (excludes halogenated alkanes) is 36. The van der Waals surface area contributed by atoms with E-state index in [1.54, 1.807) is 0 Å². The maximum absolute atomic E-state index is 16.6. The van der Waals surface area contributed by atoms with E-state index in [9.17, 15) is 0 Å². The third-order valence-corrected chi connectivity index (χ3v) is 19.9. The van der Waals surface area contributed by atoms with Crippen LogP contribution >= 0.6 is 18.2 Å². The molecule has 0 N–H and O–H groups in total. The summed E-state index contributed by atoms with van der Waals surface area (Å²) in [5.74, 6) is 1.57. The van der Waals surface area contributed by atoms with Crippen LogP contribution in [0.5, 0.6) is 11.5 Å². The molecule has 0 amide bonds. The highest BCUT2D eigenvalue weighted by molar-refractivity contribution is 8.55. The highest BCUT2D eigenvalue weighted by atomic mass is 32.7. The van der Waals surface area contributed by atoms with Crippen molar-refractivity contribution in [3.63, 3.8) is 0 Å². The van der Waals surface area contributed by atoms with Crippen molar-refractivity contribution in [2.24, 2.45) is 0 Å². The molecule has 3 nitrogen and oxygen atoms in total. The van der Waals surface area contributed by atoms with E-state index in [-0.39, 0.29) is 0 Å². The van der Waals surface area contributed by atoms with Crippen molar-refractivity contribution in [1.29, 1.82) is 0 Å². The van der Waals surface area contributed by atoms with Crippen LogP contribution in [0.4, 0.5) is 0 Å². The van der Waals surface area contributed by atoms with Gasteiger partial charge in [0, 0.05) is 16.3 Å². The van der Waals surface area contributed by atoms with Crippen molar-refractivity contribution >= 4 is 18.2 Å². The molecule has 0 saturated carbocycles.